The molecule has 0 spiro atoms. The first-order chi connectivity index (χ1) is 10.8. The van der Waals surface area contributed by atoms with Crippen molar-refractivity contribution in [3.8, 4) is 0 Å². The largest absolute Gasteiger partial charge is 0.336 e. The second-order valence-corrected chi connectivity index (χ2v) is 6.15. The smallest absolute Gasteiger partial charge is 0.257 e. The zero-order chi connectivity index (χ0) is 15.1. The lowest BCUT2D eigenvalue weighted by Gasteiger charge is -2.27. The van der Waals surface area contributed by atoms with Crippen molar-refractivity contribution in [1.29, 1.82) is 0 Å². The molecule has 2 saturated heterocycles. The van der Waals surface area contributed by atoms with Gasteiger partial charge in [0, 0.05) is 24.8 Å². The molecule has 0 radical (unpaired) electrons. The average Bonchev–Trinajstić information content (AvgIpc) is 3.05. The summed E-state index contributed by atoms with van der Waals surface area (Å²) in [5, 5.41) is 8.29. The van der Waals surface area contributed by atoms with Crippen LogP contribution in [0.2, 0.25) is 0 Å². The summed E-state index contributed by atoms with van der Waals surface area (Å²) in [7, 11) is 0. The molecule has 2 unspecified atom stereocenters. The number of fused-ring (bicyclic) bond motifs is 3. The van der Waals surface area contributed by atoms with Crippen molar-refractivity contribution >= 4 is 29.4 Å². The average molecular weight is 337 g/mol. The van der Waals surface area contributed by atoms with Crippen LogP contribution in [-0.4, -0.2) is 46.1 Å². The van der Waals surface area contributed by atoms with Crippen molar-refractivity contribution in [2.45, 2.75) is 44.7 Å². The van der Waals surface area contributed by atoms with Gasteiger partial charge in [-0.2, -0.15) is 0 Å². The van der Waals surface area contributed by atoms with Crippen LogP contribution in [-0.2, 0) is 6.42 Å². The number of amides is 1. The van der Waals surface area contributed by atoms with Crippen molar-refractivity contribution in [3.63, 3.8) is 0 Å². The van der Waals surface area contributed by atoms with Gasteiger partial charge >= 0.3 is 0 Å². The number of nitrogens with one attached hydrogen (secondary N) is 1. The van der Waals surface area contributed by atoms with Crippen LogP contribution in [0, 0.1) is 0 Å². The maximum atomic E-state index is 13.0. The minimum atomic E-state index is 0. The highest BCUT2D eigenvalue weighted by Crippen LogP contribution is 2.30. The third kappa shape index (κ3) is 2.70. The predicted octanol–water partition coefficient (Wildman–Crippen LogP) is 2.17. The van der Waals surface area contributed by atoms with E-state index in [4.69, 9.17) is 4.52 Å². The Morgan fingerprint density at radius 3 is 3.04 bits per heavy atom. The Labute approximate surface area is 141 Å². The van der Waals surface area contributed by atoms with Crippen LogP contribution in [0.1, 0.15) is 42.2 Å². The lowest BCUT2D eigenvalue weighted by Crippen LogP contribution is -2.42. The lowest BCUT2D eigenvalue weighted by molar-refractivity contribution is 0.0680. The molecular formula is C16H21ClN4O2. The summed E-state index contributed by atoms with van der Waals surface area (Å²) in [6, 6.07) is 2.55. The minimum Gasteiger partial charge on any atom is -0.336 e. The van der Waals surface area contributed by atoms with Crippen LogP contribution in [0.15, 0.2) is 16.8 Å². The molecule has 1 N–H and O–H groups in total. The summed E-state index contributed by atoms with van der Waals surface area (Å²) in [4.78, 5) is 19.3. The van der Waals surface area contributed by atoms with E-state index >= 15 is 0 Å². The number of hydrogen-bond acceptors (Lipinski definition) is 5. The van der Waals surface area contributed by atoms with Crippen LogP contribution in [0.4, 0.5) is 0 Å². The molecule has 0 aromatic carbocycles. The van der Waals surface area contributed by atoms with Gasteiger partial charge in [0.25, 0.3) is 11.6 Å². The molecule has 0 saturated carbocycles. The maximum Gasteiger partial charge on any atom is 0.257 e. The number of nitrogens with zero attached hydrogens (tertiary/aromatic N) is 3. The highest BCUT2D eigenvalue weighted by atomic mass is 35.5. The summed E-state index contributed by atoms with van der Waals surface area (Å²) >= 11 is 0. The van der Waals surface area contributed by atoms with Crippen molar-refractivity contribution in [3.05, 3.63) is 23.5 Å². The highest BCUT2D eigenvalue weighted by molar-refractivity contribution is 5.97. The number of hydrogen-bond donors (Lipinski definition) is 1. The predicted molar refractivity (Wildman–Crippen MR) is 88.9 cm³/mol. The summed E-state index contributed by atoms with van der Waals surface area (Å²) < 4.78 is 5.20. The van der Waals surface area contributed by atoms with Crippen molar-refractivity contribution in [2.75, 3.05) is 13.1 Å². The molecular weight excluding hydrogens is 316 g/mol. The molecule has 124 valence electrons. The lowest BCUT2D eigenvalue weighted by atomic mass is 10.1. The molecule has 2 aliphatic heterocycles. The SMILES string of the molecule is CCc1noc2ncc(C(=O)N3C4CCNCC3CC4)cc12.Cl. The zero-order valence-electron chi connectivity index (χ0n) is 13.1. The van der Waals surface area contributed by atoms with Gasteiger partial charge in [-0.1, -0.05) is 12.1 Å². The van der Waals surface area contributed by atoms with E-state index in [9.17, 15) is 4.79 Å². The normalized spacial score (nSPS) is 23.6. The quantitative estimate of drug-likeness (QED) is 0.910. The van der Waals surface area contributed by atoms with E-state index < -0.39 is 0 Å². The Bertz CT molecular complexity index is 703. The molecule has 2 aliphatic rings. The second kappa shape index (κ2) is 6.45. The highest BCUT2D eigenvalue weighted by Gasteiger charge is 2.38. The zero-order valence-corrected chi connectivity index (χ0v) is 13.9. The van der Waals surface area contributed by atoms with E-state index in [0.717, 1.165) is 49.9 Å². The Balaban J connectivity index is 0.00000156. The van der Waals surface area contributed by atoms with E-state index in [1.54, 1.807) is 6.20 Å². The summed E-state index contributed by atoms with van der Waals surface area (Å²) in [5.74, 6) is 0.0915. The first-order valence-corrected chi connectivity index (χ1v) is 8.05. The molecule has 2 bridgehead atoms. The molecule has 2 fully saturated rings. The minimum absolute atomic E-state index is 0. The van der Waals surface area contributed by atoms with Crippen LogP contribution < -0.4 is 5.32 Å². The number of rotatable bonds is 2. The third-order valence-corrected chi connectivity index (χ3v) is 4.87. The monoisotopic (exact) mass is 336 g/mol. The topological polar surface area (TPSA) is 71.3 Å². The number of halogens is 1. The summed E-state index contributed by atoms with van der Waals surface area (Å²) in [5.41, 5.74) is 2.01. The third-order valence-electron chi connectivity index (χ3n) is 4.87. The Morgan fingerprint density at radius 2 is 2.22 bits per heavy atom. The molecule has 23 heavy (non-hydrogen) atoms. The van der Waals surface area contributed by atoms with Gasteiger partial charge in [0.05, 0.1) is 16.6 Å². The maximum absolute atomic E-state index is 13.0. The van der Waals surface area contributed by atoms with Gasteiger partial charge in [-0.3, -0.25) is 4.79 Å². The molecule has 4 rings (SSSR count). The van der Waals surface area contributed by atoms with Gasteiger partial charge in [-0.25, -0.2) is 4.98 Å². The Hall–Kier alpha value is -1.66. The summed E-state index contributed by atoms with van der Waals surface area (Å²) in [6.07, 6.45) is 5.62. The first kappa shape index (κ1) is 16.2. The van der Waals surface area contributed by atoms with Gasteiger partial charge in [0.2, 0.25) is 0 Å². The molecule has 2 aromatic heterocycles. The molecule has 0 aliphatic carbocycles. The van der Waals surface area contributed by atoms with Gasteiger partial charge in [0.1, 0.15) is 0 Å². The fourth-order valence-corrected chi connectivity index (χ4v) is 3.71. The standard InChI is InChI=1S/C16H20N4O2.ClH/c1-2-14-13-7-10(8-18-15(13)22-19-14)16(21)20-11-3-4-12(20)9-17-6-5-11;/h7-8,11-12,17H,2-6,9H2,1H3;1H. The van der Waals surface area contributed by atoms with E-state index in [2.05, 4.69) is 20.4 Å². The molecule has 1 amide bonds. The van der Waals surface area contributed by atoms with Crippen LogP contribution in [0.5, 0.6) is 0 Å². The fourth-order valence-electron chi connectivity index (χ4n) is 3.71. The van der Waals surface area contributed by atoms with Crippen LogP contribution in [0.3, 0.4) is 0 Å². The number of pyridine rings is 1. The van der Waals surface area contributed by atoms with Gasteiger partial charge in [0.15, 0.2) is 0 Å². The van der Waals surface area contributed by atoms with Crippen molar-refractivity contribution in [2.24, 2.45) is 0 Å². The first-order valence-electron chi connectivity index (χ1n) is 8.05. The molecule has 7 heteroatoms. The Kier molecular flexibility index (Phi) is 4.55. The number of carbonyl (C=O) groups excluding carboxylic acids is 1. The Morgan fingerprint density at radius 1 is 1.39 bits per heavy atom. The van der Waals surface area contributed by atoms with Crippen LogP contribution in [0.25, 0.3) is 11.1 Å². The van der Waals surface area contributed by atoms with Gasteiger partial charge in [-0.05, 0) is 38.3 Å². The number of aryl methyl sites for hydroxylation is 1. The molecule has 2 aromatic rings. The van der Waals surface area contributed by atoms with E-state index in [-0.39, 0.29) is 18.3 Å². The summed E-state index contributed by atoms with van der Waals surface area (Å²) in [6.45, 7) is 3.91. The fraction of sp³-hybridized carbons (Fsp3) is 0.562. The second-order valence-electron chi connectivity index (χ2n) is 6.15. The molecule has 6 nitrogen and oxygen atoms in total. The number of aromatic nitrogens is 2. The van der Waals surface area contributed by atoms with Crippen molar-refractivity contribution in [1.82, 2.24) is 20.4 Å². The van der Waals surface area contributed by atoms with E-state index in [1.165, 1.54) is 0 Å². The molecule has 4 heterocycles. The van der Waals surface area contributed by atoms with E-state index in [1.807, 2.05) is 13.0 Å². The van der Waals surface area contributed by atoms with Crippen LogP contribution >= 0.6 is 12.4 Å². The number of carbonyl (C=O) groups is 1. The van der Waals surface area contributed by atoms with Crippen molar-refractivity contribution < 1.29 is 9.32 Å². The van der Waals surface area contributed by atoms with E-state index in [0.29, 0.717) is 23.4 Å². The van der Waals surface area contributed by atoms with Gasteiger partial charge in [-0.15, -0.1) is 12.4 Å². The van der Waals surface area contributed by atoms with Gasteiger partial charge < -0.3 is 14.7 Å². The molecule has 2 atom stereocenters.